The Morgan fingerprint density at radius 3 is 2.65 bits per heavy atom. The topological polar surface area (TPSA) is 49.8 Å². The SMILES string of the molecule is CCCNc1ncnc(NC2CCC(C)C(C)C2)c1Br. The molecule has 1 aromatic rings. The Labute approximate surface area is 130 Å². The lowest BCUT2D eigenvalue weighted by molar-refractivity contribution is 0.260. The van der Waals surface area contributed by atoms with E-state index < -0.39 is 0 Å². The van der Waals surface area contributed by atoms with Crippen molar-refractivity contribution in [3.8, 4) is 0 Å². The highest BCUT2D eigenvalue weighted by Gasteiger charge is 2.25. The molecular formula is C15H25BrN4. The minimum absolute atomic E-state index is 0.520. The molecule has 0 aliphatic heterocycles. The average Bonchev–Trinajstić information content (AvgIpc) is 2.44. The summed E-state index contributed by atoms with van der Waals surface area (Å²) in [5.74, 6) is 3.40. The zero-order valence-corrected chi connectivity index (χ0v) is 14.2. The summed E-state index contributed by atoms with van der Waals surface area (Å²) in [6.07, 6.45) is 6.44. The Balaban J connectivity index is 2.02. The Morgan fingerprint density at radius 2 is 1.95 bits per heavy atom. The summed E-state index contributed by atoms with van der Waals surface area (Å²) in [7, 11) is 0. The number of nitrogens with one attached hydrogen (secondary N) is 2. The summed E-state index contributed by atoms with van der Waals surface area (Å²) in [4.78, 5) is 8.66. The Bertz CT molecular complexity index is 438. The highest BCUT2D eigenvalue weighted by Crippen LogP contribution is 2.33. The van der Waals surface area contributed by atoms with E-state index in [1.165, 1.54) is 19.3 Å². The van der Waals surface area contributed by atoms with Crippen molar-refractivity contribution in [2.75, 3.05) is 17.2 Å². The Kier molecular flexibility index (Phi) is 5.64. The van der Waals surface area contributed by atoms with Gasteiger partial charge in [-0.3, -0.25) is 0 Å². The quantitative estimate of drug-likeness (QED) is 0.838. The second-order valence-corrected chi connectivity index (χ2v) is 6.71. The van der Waals surface area contributed by atoms with Crippen molar-refractivity contribution in [2.24, 2.45) is 11.8 Å². The second kappa shape index (κ2) is 7.25. The molecule has 1 saturated carbocycles. The van der Waals surface area contributed by atoms with Crippen LogP contribution in [0.2, 0.25) is 0 Å². The third kappa shape index (κ3) is 3.84. The molecule has 1 heterocycles. The second-order valence-electron chi connectivity index (χ2n) is 5.92. The number of hydrogen-bond acceptors (Lipinski definition) is 4. The first-order valence-electron chi connectivity index (χ1n) is 7.62. The van der Waals surface area contributed by atoms with Gasteiger partial charge in [-0.05, 0) is 53.4 Å². The molecule has 0 saturated heterocycles. The van der Waals surface area contributed by atoms with Crippen molar-refractivity contribution in [1.29, 1.82) is 0 Å². The normalized spacial score (nSPS) is 26.3. The highest BCUT2D eigenvalue weighted by molar-refractivity contribution is 9.10. The number of rotatable bonds is 5. The van der Waals surface area contributed by atoms with E-state index in [1.54, 1.807) is 6.33 Å². The van der Waals surface area contributed by atoms with Crippen molar-refractivity contribution < 1.29 is 0 Å². The summed E-state index contributed by atoms with van der Waals surface area (Å²) < 4.78 is 0.944. The third-order valence-corrected chi connectivity index (χ3v) is 5.02. The lowest BCUT2D eigenvalue weighted by atomic mass is 9.79. The molecule has 1 aliphatic rings. The number of anilines is 2. The molecule has 0 amide bonds. The molecule has 4 nitrogen and oxygen atoms in total. The van der Waals surface area contributed by atoms with E-state index in [2.05, 4.69) is 57.3 Å². The van der Waals surface area contributed by atoms with E-state index in [0.717, 1.165) is 40.9 Å². The molecule has 2 N–H and O–H groups in total. The van der Waals surface area contributed by atoms with Crippen LogP contribution in [0, 0.1) is 11.8 Å². The molecule has 0 spiro atoms. The van der Waals surface area contributed by atoms with E-state index in [0.29, 0.717) is 6.04 Å². The van der Waals surface area contributed by atoms with Gasteiger partial charge in [-0.2, -0.15) is 0 Å². The first-order valence-corrected chi connectivity index (χ1v) is 8.42. The zero-order chi connectivity index (χ0) is 14.5. The fraction of sp³-hybridized carbons (Fsp3) is 0.733. The maximum Gasteiger partial charge on any atom is 0.146 e. The zero-order valence-electron chi connectivity index (χ0n) is 12.6. The first kappa shape index (κ1) is 15.5. The Morgan fingerprint density at radius 1 is 1.20 bits per heavy atom. The molecule has 1 aromatic heterocycles. The van der Waals surface area contributed by atoms with Gasteiger partial charge in [0.1, 0.15) is 22.4 Å². The fourth-order valence-electron chi connectivity index (χ4n) is 2.71. The van der Waals surface area contributed by atoms with Crippen LogP contribution in [-0.4, -0.2) is 22.6 Å². The van der Waals surface area contributed by atoms with Crippen LogP contribution < -0.4 is 10.6 Å². The van der Waals surface area contributed by atoms with Crippen LogP contribution in [0.5, 0.6) is 0 Å². The predicted octanol–water partition coefficient (Wildman–Crippen LogP) is 4.30. The van der Waals surface area contributed by atoms with Crippen LogP contribution in [0.1, 0.15) is 46.5 Å². The summed E-state index contributed by atoms with van der Waals surface area (Å²) in [5, 5.41) is 6.90. The van der Waals surface area contributed by atoms with Crippen LogP contribution in [0.15, 0.2) is 10.8 Å². The van der Waals surface area contributed by atoms with E-state index in [1.807, 2.05) is 0 Å². The molecule has 0 bridgehead atoms. The molecule has 0 aromatic carbocycles. The molecule has 20 heavy (non-hydrogen) atoms. The van der Waals surface area contributed by atoms with E-state index in [-0.39, 0.29) is 0 Å². The number of hydrogen-bond donors (Lipinski definition) is 2. The van der Waals surface area contributed by atoms with Crippen molar-refractivity contribution >= 4 is 27.6 Å². The van der Waals surface area contributed by atoms with Gasteiger partial charge in [0.25, 0.3) is 0 Å². The molecule has 112 valence electrons. The number of nitrogens with zero attached hydrogens (tertiary/aromatic N) is 2. The van der Waals surface area contributed by atoms with E-state index >= 15 is 0 Å². The maximum atomic E-state index is 4.38. The van der Waals surface area contributed by atoms with Gasteiger partial charge in [0.15, 0.2) is 0 Å². The van der Waals surface area contributed by atoms with Crippen LogP contribution in [0.25, 0.3) is 0 Å². The molecular weight excluding hydrogens is 316 g/mol. The number of halogens is 1. The van der Waals surface area contributed by atoms with Crippen molar-refractivity contribution in [3.63, 3.8) is 0 Å². The summed E-state index contributed by atoms with van der Waals surface area (Å²) in [6, 6.07) is 0.520. The van der Waals surface area contributed by atoms with Crippen molar-refractivity contribution in [1.82, 2.24) is 9.97 Å². The van der Waals surface area contributed by atoms with Crippen molar-refractivity contribution in [3.05, 3.63) is 10.8 Å². The van der Waals surface area contributed by atoms with Crippen LogP contribution >= 0.6 is 15.9 Å². The number of aromatic nitrogens is 2. The highest BCUT2D eigenvalue weighted by atomic mass is 79.9. The molecule has 3 unspecified atom stereocenters. The van der Waals surface area contributed by atoms with Gasteiger partial charge in [-0.25, -0.2) is 9.97 Å². The lowest BCUT2D eigenvalue weighted by Crippen LogP contribution is -2.30. The molecule has 0 radical (unpaired) electrons. The van der Waals surface area contributed by atoms with Crippen LogP contribution in [0.3, 0.4) is 0 Å². The molecule has 3 atom stereocenters. The van der Waals surface area contributed by atoms with Crippen LogP contribution in [0.4, 0.5) is 11.6 Å². The largest absolute Gasteiger partial charge is 0.369 e. The predicted molar refractivity (Wildman–Crippen MR) is 88.1 cm³/mol. The standard InChI is InChI=1S/C15H25BrN4/c1-4-7-17-14-13(16)15(19-9-18-14)20-12-6-5-10(2)11(3)8-12/h9-12H,4-8H2,1-3H3,(H2,17,18,19,20). The van der Waals surface area contributed by atoms with Gasteiger partial charge in [-0.1, -0.05) is 20.8 Å². The van der Waals surface area contributed by atoms with E-state index in [4.69, 9.17) is 0 Å². The van der Waals surface area contributed by atoms with E-state index in [9.17, 15) is 0 Å². The minimum Gasteiger partial charge on any atom is -0.369 e. The molecule has 2 rings (SSSR count). The smallest absolute Gasteiger partial charge is 0.146 e. The Hall–Kier alpha value is -0.840. The van der Waals surface area contributed by atoms with Gasteiger partial charge < -0.3 is 10.6 Å². The molecule has 5 heteroatoms. The molecule has 1 aliphatic carbocycles. The van der Waals surface area contributed by atoms with Crippen LogP contribution in [-0.2, 0) is 0 Å². The van der Waals surface area contributed by atoms with Gasteiger partial charge in [0, 0.05) is 12.6 Å². The molecule has 1 fully saturated rings. The third-order valence-electron chi connectivity index (χ3n) is 4.27. The minimum atomic E-state index is 0.520. The van der Waals surface area contributed by atoms with Gasteiger partial charge in [-0.15, -0.1) is 0 Å². The fourth-order valence-corrected chi connectivity index (χ4v) is 3.17. The van der Waals surface area contributed by atoms with Crippen molar-refractivity contribution in [2.45, 2.75) is 52.5 Å². The summed E-state index contributed by atoms with van der Waals surface area (Å²) in [5.41, 5.74) is 0. The lowest BCUT2D eigenvalue weighted by Gasteiger charge is -2.33. The summed E-state index contributed by atoms with van der Waals surface area (Å²) in [6.45, 7) is 7.77. The summed E-state index contributed by atoms with van der Waals surface area (Å²) >= 11 is 3.62. The monoisotopic (exact) mass is 340 g/mol. The first-order chi connectivity index (χ1) is 9.61. The van der Waals surface area contributed by atoms with Gasteiger partial charge in [0.2, 0.25) is 0 Å². The average molecular weight is 341 g/mol. The maximum absolute atomic E-state index is 4.38. The van der Waals surface area contributed by atoms with Gasteiger partial charge >= 0.3 is 0 Å². The van der Waals surface area contributed by atoms with Gasteiger partial charge in [0.05, 0.1) is 0 Å².